The largest absolute Gasteiger partial charge is 0.545 e. The fraction of sp³-hybridized carbons (Fsp3) is 0.364. The van der Waals surface area contributed by atoms with Crippen molar-refractivity contribution in [3.8, 4) is 5.75 Å². The second-order valence-electron chi connectivity index (χ2n) is 3.31. The van der Waals surface area contributed by atoms with Gasteiger partial charge in [-0.25, -0.2) is 0 Å². The number of carbonyl (C=O) groups is 1. The van der Waals surface area contributed by atoms with Crippen molar-refractivity contribution < 1.29 is 14.6 Å². The lowest BCUT2D eigenvalue weighted by Gasteiger charge is -2.15. The van der Waals surface area contributed by atoms with Crippen molar-refractivity contribution in [3.63, 3.8) is 0 Å². The van der Waals surface area contributed by atoms with E-state index in [1.807, 2.05) is 13.8 Å². The van der Waals surface area contributed by atoms with Gasteiger partial charge >= 0.3 is 0 Å². The number of hydrogen-bond donors (Lipinski definition) is 0. The van der Waals surface area contributed by atoms with Crippen LogP contribution in [0.3, 0.4) is 0 Å². The molecule has 1 aromatic rings. The first-order valence-corrected chi connectivity index (χ1v) is 4.35. The summed E-state index contributed by atoms with van der Waals surface area (Å²) >= 11 is 0. The minimum Gasteiger partial charge on any atom is -0.545 e. The van der Waals surface area contributed by atoms with Crippen LogP contribution in [-0.4, -0.2) is 13.1 Å². The molecule has 0 saturated carbocycles. The second kappa shape index (κ2) is 3.70. The van der Waals surface area contributed by atoms with Crippen molar-refractivity contribution >= 4 is 5.97 Å². The first kappa shape index (κ1) is 10.6. The molecule has 14 heavy (non-hydrogen) atoms. The molecule has 0 aliphatic rings. The Morgan fingerprint density at radius 3 is 2.29 bits per heavy atom. The van der Waals surface area contributed by atoms with Gasteiger partial charge in [0.15, 0.2) is 0 Å². The summed E-state index contributed by atoms with van der Waals surface area (Å²) in [7, 11) is 1.58. The van der Waals surface area contributed by atoms with Crippen LogP contribution in [0, 0.1) is 20.8 Å². The highest BCUT2D eigenvalue weighted by Gasteiger charge is 2.10. The molecule has 0 aromatic heterocycles. The summed E-state index contributed by atoms with van der Waals surface area (Å²) in [6.45, 7) is 5.41. The molecule has 0 amide bonds. The Morgan fingerprint density at radius 1 is 1.29 bits per heavy atom. The van der Waals surface area contributed by atoms with Crippen LogP contribution in [-0.2, 0) is 0 Å². The molecule has 0 saturated heterocycles. The summed E-state index contributed by atoms with van der Waals surface area (Å²) in [6.07, 6.45) is 0. The fourth-order valence-corrected chi connectivity index (χ4v) is 1.58. The Bertz CT molecular complexity index is 381. The number of aromatic carboxylic acids is 1. The zero-order valence-electron chi connectivity index (χ0n) is 8.80. The van der Waals surface area contributed by atoms with E-state index in [9.17, 15) is 9.90 Å². The monoisotopic (exact) mass is 193 g/mol. The molecule has 3 nitrogen and oxygen atoms in total. The molecule has 0 aliphatic heterocycles. The van der Waals surface area contributed by atoms with Crippen LogP contribution in [0.2, 0.25) is 0 Å². The van der Waals surface area contributed by atoms with Gasteiger partial charge in [0.25, 0.3) is 0 Å². The molecular weight excluding hydrogens is 180 g/mol. The third-order valence-corrected chi connectivity index (χ3v) is 2.45. The molecular formula is C11H13O3-. The van der Waals surface area contributed by atoms with Gasteiger partial charge in [-0.15, -0.1) is 0 Å². The number of carboxylic acids is 1. The van der Waals surface area contributed by atoms with Crippen LogP contribution in [0.1, 0.15) is 27.0 Å². The smallest absolute Gasteiger partial charge is 0.124 e. The lowest BCUT2D eigenvalue weighted by molar-refractivity contribution is -0.255. The number of methoxy groups -OCH3 is 1. The van der Waals surface area contributed by atoms with Crippen LogP contribution in [0.25, 0.3) is 0 Å². The van der Waals surface area contributed by atoms with Crippen LogP contribution >= 0.6 is 0 Å². The van der Waals surface area contributed by atoms with E-state index in [4.69, 9.17) is 4.74 Å². The van der Waals surface area contributed by atoms with Crippen LogP contribution in [0.15, 0.2) is 6.07 Å². The van der Waals surface area contributed by atoms with Crippen LogP contribution in [0.5, 0.6) is 5.75 Å². The minimum atomic E-state index is -1.14. The molecule has 0 N–H and O–H groups in total. The SMILES string of the molecule is COc1c(C)cc(C(=O)[O-])c(C)c1C. The Balaban J connectivity index is 3.47. The first-order chi connectivity index (χ1) is 6.49. The summed E-state index contributed by atoms with van der Waals surface area (Å²) in [5.41, 5.74) is 2.61. The van der Waals surface area contributed by atoms with Crippen molar-refractivity contribution in [2.24, 2.45) is 0 Å². The Labute approximate surface area is 83.3 Å². The maximum absolute atomic E-state index is 10.8. The number of carbonyl (C=O) groups excluding carboxylic acids is 1. The summed E-state index contributed by atoms with van der Waals surface area (Å²) in [4.78, 5) is 10.8. The summed E-state index contributed by atoms with van der Waals surface area (Å²) < 4.78 is 5.18. The topological polar surface area (TPSA) is 49.4 Å². The third kappa shape index (κ3) is 1.58. The van der Waals surface area contributed by atoms with E-state index in [0.29, 0.717) is 5.56 Å². The molecule has 0 atom stereocenters. The van der Waals surface area contributed by atoms with Gasteiger partial charge < -0.3 is 14.6 Å². The number of aryl methyl sites for hydroxylation is 1. The highest BCUT2D eigenvalue weighted by atomic mass is 16.5. The molecule has 3 heteroatoms. The van der Waals surface area contributed by atoms with E-state index >= 15 is 0 Å². The van der Waals surface area contributed by atoms with Crippen molar-refractivity contribution in [2.45, 2.75) is 20.8 Å². The number of carboxylic acid groups (broad SMARTS) is 1. The van der Waals surface area contributed by atoms with Gasteiger partial charge in [0.05, 0.1) is 13.1 Å². The first-order valence-electron chi connectivity index (χ1n) is 4.35. The summed E-state index contributed by atoms with van der Waals surface area (Å²) in [5.74, 6) is -0.399. The number of benzene rings is 1. The van der Waals surface area contributed by atoms with Gasteiger partial charge in [0, 0.05) is 5.56 Å². The van der Waals surface area contributed by atoms with Gasteiger partial charge in [-0.05, 0) is 43.5 Å². The van der Waals surface area contributed by atoms with Crippen molar-refractivity contribution in [1.29, 1.82) is 0 Å². The highest BCUT2D eigenvalue weighted by Crippen LogP contribution is 2.27. The van der Waals surface area contributed by atoms with Gasteiger partial charge in [-0.1, -0.05) is 0 Å². The predicted molar refractivity (Wildman–Crippen MR) is 51.5 cm³/mol. The molecule has 0 heterocycles. The summed E-state index contributed by atoms with van der Waals surface area (Å²) in [6, 6.07) is 1.58. The van der Waals surface area contributed by atoms with Crippen LogP contribution in [0.4, 0.5) is 0 Å². The van der Waals surface area contributed by atoms with E-state index in [1.165, 1.54) is 0 Å². The lowest BCUT2D eigenvalue weighted by atomic mass is 9.99. The molecule has 76 valence electrons. The van der Waals surface area contributed by atoms with E-state index < -0.39 is 5.97 Å². The molecule has 1 rings (SSSR count). The Kier molecular flexibility index (Phi) is 2.79. The molecule has 0 spiro atoms. The Hall–Kier alpha value is -1.51. The van der Waals surface area contributed by atoms with E-state index in [-0.39, 0.29) is 5.56 Å². The maximum Gasteiger partial charge on any atom is 0.124 e. The fourth-order valence-electron chi connectivity index (χ4n) is 1.58. The average molecular weight is 193 g/mol. The van der Waals surface area contributed by atoms with Gasteiger partial charge in [-0.2, -0.15) is 0 Å². The standard InChI is InChI=1S/C11H14O3/c1-6-5-9(11(12)13)7(2)8(3)10(6)14-4/h5H,1-4H3,(H,12,13)/p-1. The number of ether oxygens (including phenoxy) is 1. The summed E-state index contributed by atoms with van der Waals surface area (Å²) in [5, 5.41) is 10.8. The third-order valence-electron chi connectivity index (χ3n) is 2.45. The van der Waals surface area contributed by atoms with E-state index in [0.717, 1.165) is 16.9 Å². The predicted octanol–water partition coefficient (Wildman–Crippen LogP) is 0.984. The molecule has 0 unspecified atom stereocenters. The molecule has 1 aromatic carbocycles. The van der Waals surface area contributed by atoms with Gasteiger partial charge in [0.2, 0.25) is 0 Å². The number of hydrogen-bond acceptors (Lipinski definition) is 3. The molecule has 0 bridgehead atoms. The van der Waals surface area contributed by atoms with E-state index in [1.54, 1.807) is 20.1 Å². The van der Waals surface area contributed by atoms with E-state index in [2.05, 4.69) is 0 Å². The average Bonchev–Trinajstić information content (AvgIpc) is 2.12. The normalized spacial score (nSPS) is 10.0. The number of rotatable bonds is 2. The lowest BCUT2D eigenvalue weighted by Crippen LogP contribution is -2.23. The molecule has 0 aliphatic carbocycles. The van der Waals surface area contributed by atoms with Crippen molar-refractivity contribution in [1.82, 2.24) is 0 Å². The Morgan fingerprint density at radius 2 is 1.86 bits per heavy atom. The highest BCUT2D eigenvalue weighted by molar-refractivity contribution is 5.88. The molecule has 0 radical (unpaired) electrons. The minimum absolute atomic E-state index is 0.237. The van der Waals surface area contributed by atoms with Gasteiger partial charge in [-0.3, -0.25) is 0 Å². The molecule has 0 fully saturated rings. The zero-order valence-corrected chi connectivity index (χ0v) is 8.80. The van der Waals surface area contributed by atoms with Gasteiger partial charge in [0.1, 0.15) is 5.75 Å². The quantitative estimate of drug-likeness (QED) is 0.703. The zero-order chi connectivity index (χ0) is 10.9. The maximum atomic E-state index is 10.8. The second-order valence-corrected chi connectivity index (χ2v) is 3.31. The van der Waals surface area contributed by atoms with Crippen molar-refractivity contribution in [3.05, 3.63) is 28.3 Å². The van der Waals surface area contributed by atoms with Crippen molar-refractivity contribution in [2.75, 3.05) is 7.11 Å². The van der Waals surface area contributed by atoms with Crippen LogP contribution < -0.4 is 9.84 Å².